The molecule has 2 aromatic rings. The fourth-order valence-corrected chi connectivity index (χ4v) is 2.76. The van der Waals surface area contributed by atoms with Crippen molar-refractivity contribution >= 4 is 5.91 Å². The van der Waals surface area contributed by atoms with Crippen molar-refractivity contribution in [1.82, 2.24) is 5.32 Å². The summed E-state index contributed by atoms with van der Waals surface area (Å²) < 4.78 is 11.1. The normalized spacial score (nSPS) is 14.2. The Bertz CT molecular complexity index is 739. The van der Waals surface area contributed by atoms with E-state index in [2.05, 4.69) is 5.32 Å². The summed E-state index contributed by atoms with van der Waals surface area (Å²) in [7, 11) is 0. The number of carbonyl (C=O) groups excluding carboxylic acids is 1. The third kappa shape index (κ3) is 3.31. The Hall–Kier alpha value is -2.49. The van der Waals surface area contributed by atoms with E-state index in [4.69, 9.17) is 9.47 Å². The molecule has 1 aliphatic heterocycles. The first-order valence-corrected chi connectivity index (χ1v) is 7.82. The van der Waals surface area contributed by atoms with Crippen LogP contribution in [0.25, 0.3) is 0 Å². The number of rotatable bonds is 3. The lowest BCUT2D eigenvalue weighted by Gasteiger charge is -2.21. The van der Waals surface area contributed by atoms with Gasteiger partial charge in [0.1, 0.15) is 13.2 Å². The molecule has 1 aliphatic rings. The fourth-order valence-electron chi connectivity index (χ4n) is 2.76. The molecule has 0 saturated carbocycles. The SMILES string of the molecule is Cc1ccc(C(=O)N[C@H](C)c2ccc3c(c2)OCCO3)c(C)c1. The predicted molar refractivity (Wildman–Crippen MR) is 89.2 cm³/mol. The van der Waals surface area contributed by atoms with Crippen LogP contribution in [0.2, 0.25) is 0 Å². The van der Waals surface area contributed by atoms with Crippen molar-refractivity contribution in [2.45, 2.75) is 26.8 Å². The quantitative estimate of drug-likeness (QED) is 0.942. The third-order valence-electron chi connectivity index (χ3n) is 4.04. The smallest absolute Gasteiger partial charge is 0.252 e. The highest BCUT2D eigenvalue weighted by Gasteiger charge is 2.17. The number of benzene rings is 2. The first kappa shape index (κ1) is 15.4. The van der Waals surface area contributed by atoms with Gasteiger partial charge in [0.25, 0.3) is 5.91 Å². The number of fused-ring (bicyclic) bond motifs is 1. The Morgan fingerprint density at radius 2 is 1.78 bits per heavy atom. The monoisotopic (exact) mass is 311 g/mol. The summed E-state index contributed by atoms with van der Waals surface area (Å²) in [5, 5.41) is 3.04. The second kappa shape index (κ2) is 6.32. The van der Waals surface area contributed by atoms with E-state index in [0.29, 0.717) is 18.8 Å². The average Bonchev–Trinajstić information content (AvgIpc) is 2.54. The molecule has 0 saturated heterocycles. The zero-order valence-corrected chi connectivity index (χ0v) is 13.7. The number of hydrogen-bond acceptors (Lipinski definition) is 3. The van der Waals surface area contributed by atoms with Gasteiger partial charge < -0.3 is 14.8 Å². The van der Waals surface area contributed by atoms with Gasteiger partial charge in [-0.05, 0) is 50.1 Å². The van der Waals surface area contributed by atoms with Crippen molar-refractivity contribution in [1.29, 1.82) is 0 Å². The fraction of sp³-hybridized carbons (Fsp3) is 0.316. The minimum absolute atomic E-state index is 0.0649. The van der Waals surface area contributed by atoms with Gasteiger partial charge in [0.15, 0.2) is 11.5 Å². The number of hydrogen-bond donors (Lipinski definition) is 1. The van der Waals surface area contributed by atoms with Crippen molar-refractivity contribution in [2.24, 2.45) is 0 Å². The van der Waals surface area contributed by atoms with E-state index in [9.17, 15) is 4.79 Å². The van der Waals surface area contributed by atoms with Crippen molar-refractivity contribution in [3.05, 3.63) is 58.7 Å². The lowest BCUT2D eigenvalue weighted by molar-refractivity contribution is 0.0939. The lowest BCUT2D eigenvalue weighted by atomic mass is 10.0. The molecule has 0 unspecified atom stereocenters. The van der Waals surface area contributed by atoms with Crippen LogP contribution in [-0.4, -0.2) is 19.1 Å². The van der Waals surface area contributed by atoms with E-state index in [-0.39, 0.29) is 11.9 Å². The molecular weight excluding hydrogens is 290 g/mol. The summed E-state index contributed by atoms with van der Waals surface area (Å²) >= 11 is 0. The zero-order valence-electron chi connectivity index (χ0n) is 13.7. The molecule has 0 aromatic heterocycles. The van der Waals surface area contributed by atoms with E-state index in [1.165, 1.54) is 0 Å². The van der Waals surface area contributed by atoms with Crippen LogP contribution in [0.5, 0.6) is 11.5 Å². The van der Waals surface area contributed by atoms with E-state index >= 15 is 0 Å². The van der Waals surface area contributed by atoms with E-state index < -0.39 is 0 Å². The highest BCUT2D eigenvalue weighted by molar-refractivity contribution is 5.95. The molecule has 4 heteroatoms. The lowest BCUT2D eigenvalue weighted by Crippen LogP contribution is -2.27. The molecule has 0 fully saturated rings. The molecule has 2 aromatic carbocycles. The van der Waals surface area contributed by atoms with Gasteiger partial charge in [0.2, 0.25) is 0 Å². The van der Waals surface area contributed by atoms with Crippen LogP contribution >= 0.6 is 0 Å². The third-order valence-corrected chi connectivity index (χ3v) is 4.04. The van der Waals surface area contributed by atoms with Crippen molar-refractivity contribution in [2.75, 3.05) is 13.2 Å². The highest BCUT2D eigenvalue weighted by Crippen LogP contribution is 2.32. The molecule has 0 spiro atoms. The summed E-state index contributed by atoms with van der Waals surface area (Å²) in [6.07, 6.45) is 0. The van der Waals surface area contributed by atoms with Gasteiger partial charge in [-0.1, -0.05) is 23.8 Å². The number of amides is 1. The maximum atomic E-state index is 12.5. The van der Waals surface area contributed by atoms with Gasteiger partial charge in [0, 0.05) is 5.56 Å². The number of aryl methyl sites for hydroxylation is 2. The van der Waals surface area contributed by atoms with Crippen molar-refractivity contribution in [3.63, 3.8) is 0 Å². The van der Waals surface area contributed by atoms with Gasteiger partial charge in [-0.15, -0.1) is 0 Å². The molecule has 3 rings (SSSR count). The molecule has 1 amide bonds. The second-order valence-electron chi connectivity index (χ2n) is 5.92. The largest absolute Gasteiger partial charge is 0.486 e. The summed E-state index contributed by atoms with van der Waals surface area (Å²) in [6.45, 7) is 7.07. The highest BCUT2D eigenvalue weighted by atomic mass is 16.6. The summed E-state index contributed by atoms with van der Waals surface area (Å²) in [5.74, 6) is 1.43. The van der Waals surface area contributed by atoms with Gasteiger partial charge in [-0.3, -0.25) is 4.79 Å². The van der Waals surface area contributed by atoms with Crippen LogP contribution in [0, 0.1) is 13.8 Å². The van der Waals surface area contributed by atoms with E-state index in [1.54, 1.807) is 0 Å². The Kier molecular flexibility index (Phi) is 4.24. The summed E-state index contributed by atoms with van der Waals surface area (Å²) in [5.41, 5.74) is 3.84. The van der Waals surface area contributed by atoms with Crippen LogP contribution in [0.3, 0.4) is 0 Å². The molecule has 1 N–H and O–H groups in total. The predicted octanol–water partition coefficient (Wildman–Crippen LogP) is 3.57. The van der Waals surface area contributed by atoms with E-state index in [1.807, 2.05) is 57.2 Å². The van der Waals surface area contributed by atoms with Crippen LogP contribution in [0.4, 0.5) is 0 Å². The molecule has 0 bridgehead atoms. The molecule has 1 heterocycles. The minimum atomic E-state index is -0.112. The van der Waals surface area contributed by atoms with Gasteiger partial charge >= 0.3 is 0 Å². The van der Waals surface area contributed by atoms with Crippen LogP contribution in [-0.2, 0) is 0 Å². The van der Waals surface area contributed by atoms with Gasteiger partial charge in [-0.2, -0.15) is 0 Å². The minimum Gasteiger partial charge on any atom is -0.486 e. The Morgan fingerprint density at radius 3 is 2.52 bits per heavy atom. The maximum absolute atomic E-state index is 12.5. The summed E-state index contributed by atoms with van der Waals surface area (Å²) in [4.78, 5) is 12.5. The van der Waals surface area contributed by atoms with Crippen molar-refractivity contribution < 1.29 is 14.3 Å². The van der Waals surface area contributed by atoms with Crippen LogP contribution in [0.15, 0.2) is 36.4 Å². The average molecular weight is 311 g/mol. The van der Waals surface area contributed by atoms with Crippen LogP contribution in [0.1, 0.15) is 40.0 Å². The first-order chi connectivity index (χ1) is 11.0. The second-order valence-corrected chi connectivity index (χ2v) is 5.92. The number of ether oxygens (including phenoxy) is 2. The molecule has 0 radical (unpaired) electrons. The number of carbonyl (C=O) groups is 1. The molecule has 23 heavy (non-hydrogen) atoms. The number of nitrogens with one attached hydrogen (secondary N) is 1. The van der Waals surface area contributed by atoms with Crippen LogP contribution < -0.4 is 14.8 Å². The zero-order chi connectivity index (χ0) is 16.4. The molecular formula is C19H21NO3. The molecule has 1 atom stereocenters. The molecule has 0 aliphatic carbocycles. The Balaban J connectivity index is 1.76. The summed E-state index contributed by atoms with van der Waals surface area (Å²) in [6, 6.07) is 11.5. The van der Waals surface area contributed by atoms with E-state index in [0.717, 1.165) is 28.2 Å². The molecule has 4 nitrogen and oxygen atoms in total. The Labute approximate surface area is 136 Å². The Morgan fingerprint density at radius 1 is 1.04 bits per heavy atom. The maximum Gasteiger partial charge on any atom is 0.252 e. The van der Waals surface area contributed by atoms with Gasteiger partial charge in [0.05, 0.1) is 6.04 Å². The standard InChI is InChI=1S/C19H21NO3/c1-12-4-6-16(13(2)10-12)19(21)20-14(3)15-5-7-17-18(11-15)23-9-8-22-17/h4-7,10-11,14H,8-9H2,1-3H3,(H,20,21)/t14-/m1/s1. The molecule has 120 valence electrons. The van der Waals surface area contributed by atoms with Gasteiger partial charge in [-0.25, -0.2) is 0 Å². The van der Waals surface area contributed by atoms with Crippen molar-refractivity contribution in [3.8, 4) is 11.5 Å². The topological polar surface area (TPSA) is 47.6 Å². The first-order valence-electron chi connectivity index (χ1n) is 7.82.